The minimum atomic E-state index is -4.36. The van der Waals surface area contributed by atoms with Crippen molar-refractivity contribution in [2.45, 2.75) is 25.1 Å². The molecule has 0 bridgehead atoms. The van der Waals surface area contributed by atoms with Crippen molar-refractivity contribution < 1.29 is 36.6 Å². The summed E-state index contributed by atoms with van der Waals surface area (Å²) >= 11 is 0. The van der Waals surface area contributed by atoms with E-state index in [1.54, 1.807) is 0 Å². The summed E-state index contributed by atoms with van der Waals surface area (Å²) in [7, 11) is 1.30. The topological polar surface area (TPSA) is 62.7 Å². The van der Waals surface area contributed by atoms with Gasteiger partial charge in [0.1, 0.15) is 17.7 Å². The number of alkyl halides is 3. The average molecular weight is 416 g/mol. The van der Waals surface area contributed by atoms with E-state index in [4.69, 9.17) is 4.74 Å². The number of ether oxygens (including phenoxy) is 1. The van der Waals surface area contributed by atoms with E-state index in [0.29, 0.717) is 24.5 Å². The molecule has 0 saturated heterocycles. The lowest BCUT2D eigenvalue weighted by Gasteiger charge is -2.30. The molecule has 156 valence electrons. The highest BCUT2D eigenvalue weighted by Crippen LogP contribution is 2.37. The fourth-order valence-electron chi connectivity index (χ4n) is 3.31. The van der Waals surface area contributed by atoms with Crippen LogP contribution in [0.15, 0.2) is 24.3 Å². The normalized spacial score (nSPS) is 16.4. The van der Waals surface area contributed by atoms with Gasteiger partial charge in [-0.3, -0.25) is 4.90 Å². The van der Waals surface area contributed by atoms with Gasteiger partial charge >= 0.3 is 12.1 Å². The number of fused-ring (bicyclic) bond motifs is 1. The Labute approximate surface area is 162 Å². The predicted octanol–water partition coefficient (Wildman–Crippen LogP) is 3.91. The maximum Gasteiger partial charge on any atom is 0.401 e. The lowest BCUT2D eigenvalue weighted by atomic mass is 9.94. The zero-order valence-corrected chi connectivity index (χ0v) is 15.3. The summed E-state index contributed by atoms with van der Waals surface area (Å²) in [5.74, 6) is -3.10. The number of benzene rings is 1. The molecule has 0 spiro atoms. The van der Waals surface area contributed by atoms with Crippen molar-refractivity contribution >= 4 is 5.97 Å². The van der Waals surface area contributed by atoms with Crippen molar-refractivity contribution in [3.63, 3.8) is 0 Å². The van der Waals surface area contributed by atoms with Gasteiger partial charge in [-0.25, -0.2) is 18.6 Å². The van der Waals surface area contributed by atoms with Crippen LogP contribution in [-0.2, 0) is 6.42 Å². The Balaban J connectivity index is 1.93. The molecule has 1 atom stereocenters. The second kappa shape index (κ2) is 7.94. The molecular formula is C19H17F5N2O3. The molecule has 1 aromatic carbocycles. The molecule has 1 aliphatic rings. The maximum atomic E-state index is 14.3. The monoisotopic (exact) mass is 416 g/mol. The van der Waals surface area contributed by atoms with E-state index < -0.39 is 42.1 Å². The number of aromatic carboxylic acids is 1. The number of likely N-dealkylation sites (N-methyl/N-ethyl adjacent to an activating group) is 1. The molecule has 2 heterocycles. The summed E-state index contributed by atoms with van der Waals surface area (Å²) in [6.45, 7) is -1.16. The molecular weight excluding hydrogens is 399 g/mol. The first-order valence-corrected chi connectivity index (χ1v) is 8.68. The van der Waals surface area contributed by atoms with Crippen molar-refractivity contribution in [3.8, 4) is 17.0 Å². The minimum absolute atomic E-state index is 0.0104. The Hall–Kier alpha value is -2.75. The Morgan fingerprint density at radius 1 is 1.28 bits per heavy atom. The molecule has 0 radical (unpaired) electrons. The van der Waals surface area contributed by atoms with Gasteiger partial charge in [0.2, 0.25) is 5.88 Å². The number of carboxylic acid groups (broad SMARTS) is 1. The standard InChI is InChI=1S/C19H17F5N2O3/c1-26(9-19(22,23)24)8-11-3-5-13-14(12-4-2-10(20)6-15(12)21)7-16(18(27)28)25-17(13)29-11/h2,4,6-7,11H,3,5,8-9H2,1H3,(H,27,28)/t11-/m1/s1. The van der Waals surface area contributed by atoms with Crippen molar-refractivity contribution in [1.29, 1.82) is 0 Å². The van der Waals surface area contributed by atoms with Gasteiger partial charge in [-0.1, -0.05) is 0 Å². The molecule has 10 heteroatoms. The fourth-order valence-corrected chi connectivity index (χ4v) is 3.31. The highest BCUT2D eigenvalue weighted by atomic mass is 19.4. The summed E-state index contributed by atoms with van der Waals surface area (Å²) in [6.07, 6.45) is -4.38. The average Bonchev–Trinajstić information content (AvgIpc) is 2.59. The summed E-state index contributed by atoms with van der Waals surface area (Å²) in [5.41, 5.74) is 0.206. The summed E-state index contributed by atoms with van der Waals surface area (Å²) in [4.78, 5) is 16.4. The first kappa shape index (κ1) is 21.0. The van der Waals surface area contributed by atoms with Gasteiger partial charge in [-0.15, -0.1) is 0 Å². The second-order valence-electron chi connectivity index (χ2n) is 6.86. The lowest BCUT2D eigenvalue weighted by Crippen LogP contribution is -2.40. The zero-order chi connectivity index (χ0) is 21.3. The van der Waals surface area contributed by atoms with Crippen molar-refractivity contribution in [1.82, 2.24) is 9.88 Å². The zero-order valence-electron chi connectivity index (χ0n) is 15.3. The van der Waals surface area contributed by atoms with Gasteiger partial charge in [0.25, 0.3) is 0 Å². The van der Waals surface area contributed by atoms with E-state index in [1.165, 1.54) is 19.2 Å². The van der Waals surface area contributed by atoms with Crippen LogP contribution in [0.4, 0.5) is 22.0 Å². The molecule has 0 unspecified atom stereocenters. The molecule has 1 aromatic heterocycles. The third-order valence-corrected chi connectivity index (χ3v) is 4.49. The van der Waals surface area contributed by atoms with E-state index in [0.717, 1.165) is 11.0 Å². The van der Waals surface area contributed by atoms with Crippen LogP contribution in [0.25, 0.3) is 11.1 Å². The summed E-state index contributed by atoms with van der Waals surface area (Å²) in [6, 6.07) is 4.09. The number of aromatic nitrogens is 1. The highest BCUT2D eigenvalue weighted by Gasteiger charge is 2.32. The van der Waals surface area contributed by atoms with Crippen LogP contribution in [0, 0.1) is 11.6 Å². The summed E-state index contributed by atoms with van der Waals surface area (Å²) in [5, 5.41) is 9.31. The minimum Gasteiger partial charge on any atom is -0.477 e. The molecule has 0 saturated carbocycles. The number of carbonyl (C=O) groups is 1. The van der Waals surface area contributed by atoms with E-state index in [1.807, 2.05) is 0 Å². The van der Waals surface area contributed by atoms with Gasteiger partial charge in [-0.2, -0.15) is 13.2 Å². The van der Waals surface area contributed by atoms with Crippen molar-refractivity contribution in [2.24, 2.45) is 0 Å². The van der Waals surface area contributed by atoms with E-state index >= 15 is 0 Å². The summed E-state index contributed by atoms with van der Waals surface area (Å²) < 4.78 is 70.8. The number of pyridine rings is 1. The molecule has 3 rings (SSSR count). The molecule has 1 aliphatic heterocycles. The van der Waals surface area contributed by atoms with Crippen LogP contribution in [0.2, 0.25) is 0 Å². The molecule has 29 heavy (non-hydrogen) atoms. The Kier molecular flexibility index (Phi) is 5.74. The number of rotatable bonds is 5. The van der Waals surface area contributed by atoms with Gasteiger partial charge in [0.15, 0.2) is 5.69 Å². The van der Waals surface area contributed by atoms with Crippen molar-refractivity contribution in [3.05, 3.63) is 47.2 Å². The van der Waals surface area contributed by atoms with E-state index in [2.05, 4.69) is 4.98 Å². The smallest absolute Gasteiger partial charge is 0.401 e. The molecule has 0 aliphatic carbocycles. The van der Waals surface area contributed by atoms with Crippen LogP contribution in [0.1, 0.15) is 22.5 Å². The van der Waals surface area contributed by atoms with Crippen LogP contribution in [-0.4, -0.2) is 53.4 Å². The van der Waals surface area contributed by atoms with Gasteiger partial charge in [0.05, 0.1) is 6.54 Å². The first-order valence-electron chi connectivity index (χ1n) is 8.68. The highest BCUT2D eigenvalue weighted by molar-refractivity contribution is 5.88. The van der Waals surface area contributed by atoms with Crippen LogP contribution >= 0.6 is 0 Å². The quantitative estimate of drug-likeness (QED) is 0.749. The maximum absolute atomic E-state index is 14.3. The second-order valence-corrected chi connectivity index (χ2v) is 6.86. The number of nitrogens with zero attached hydrogens (tertiary/aromatic N) is 2. The molecule has 5 nitrogen and oxygen atoms in total. The van der Waals surface area contributed by atoms with Gasteiger partial charge < -0.3 is 9.84 Å². The van der Waals surface area contributed by atoms with Crippen LogP contribution < -0.4 is 4.74 Å². The first-order chi connectivity index (χ1) is 13.5. The molecule has 1 N–H and O–H groups in total. The van der Waals surface area contributed by atoms with E-state index in [-0.39, 0.29) is 23.6 Å². The third kappa shape index (κ3) is 5.00. The number of hydrogen-bond acceptors (Lipinski definition) is 4. The molecule has 0 amide bonds. The van der Waals surface area contributed by atoms with Crippen LogP contribution in [0.5, 0.6) is 5.88 Å². The van der Waals surface area contributed by atoms with E-state index in [9.17, 15) is 31.9 Å². The molecule has 2 aromatic rings. The van der Waals surface area contributed by atoms with Gasteiger partial charge in [0, 0.05) is 23.7 Å². The predicted molar refractivity (Wildman–Crippen MR) is 92.8 cm³/mol. The van der Waals surface area contributed by atoms with Crippen molar-refractivity contribution in [2.75, 3.05) is 20.1 Å². The Morgan fingerprint density at radius 3 is 2.62 bits per heavy atom. The number of halogens is 5. The Morgan fingerprint density at radius 2 is 2.00 bits per heavy atom. The number of hydrogen-bond donors (Lipinski definition) is 1. The number of carboxylic acids is 1. The SMILES string of the molecule is CN(C[C@H]1CCc2c(-c3ccc(F)cc3F)cc(C(=O)O)nc2O1)CC(F)(F)F. The fraction of sp³-hybridized carbons (Fsp3) is 0.368. The molecule has 0 fully saturated rings. The third-order valence-electron chi connectivity index (χ3n) is 4.49. The van der Waals surface area contributed by atoms with Gasteiger partial charge in [-0.05, 0) is 43.7 Å². The largest absolute Gasteiger partial charge is 0.477 e. The Bertz CT molecular complexity index is 933. The van der Waals surface area contributed by atoms with Crippen LogP contribution in [0.3, 0.4) is 0 Å². The lowest BCUT2D eigenvalue weighted by molar-refractivity contribution is -0.145.